The van der Waals surface area contributed by atoms with Crippen LogP contribution in [0, 0.1) is 5.92 Å². The van der Waals surface area contributed by atoms with E-state index in [1.165, 1.54) is 0 Å². The summed E-state index contributed by atoms with van der Waals surface area (Å²) in [4.78, 5) is 11.8. The van der Waals surface area contributed by atoms with E-state index in [4.69, 9.17) is 23.2 Å². The van der Waals surface area contributed by atoms with Gasteiger partial charge in [0.05, 0.1) is 6.10 Å². The van der Waals surface area contributed by atoms with Crippen LogP contribution in [0.15, 0.2) is 18.2 Å². The van der Waals surface area contributed by atoms with E-state index in [0.717, 1.165) is 12.8 Å². The van der Waals surface area contributed by atoms with E-state index >= 15 is 0 Å². The number of hydrogen-bond acceptors (Lipinski definition) is 2. The SMILES string of the molecule is O=C1CCCC[C@@H]1[C@H](O)c1c(Cl)cccc1Cl. The average molecular weight is 273 g/mol. The first kappa shape index (κ1) is 12.9. The molecule has 0 spiro atoms. The number of halogens is 2. The van der Waals surface area contributed by atoms with Crippen LogP contribution in [0.5, 0.6) is 0 Å². The summed E-state index contributed by atoms with van der Waals surface area (Å²) in [5.74, 6) is -0.249. The molecule has 1 aromatic rings. The molecule has 0 aliphatic heterocycles. The number of hydrogen-bond donors (Lipinski definition) is 1. The molecule has 0 bridgehead atoms. The van der Waals surface area contributed by atoms with Crippen molar-refractivity contribution in [2.24, 2.45) is 5.92 Å². The fourth-order valence-electron chi connectivity index (χ4n) is 2.34. The van der Waals surface area contributed by atoms with Crippen molar-refractivity contribution in [2.75, 3.05) is 0 Å². The van der Waals surface area contributed by atoms with E-state index in [0.29, 0.717) is 28.5 Å². The van der Waals surface area contributed by atoms with Gasteiger partial charge in [0.1, 0.15) is 5.78 Å². The summed E-state index contributed by atoms with van der Waals surface area (Å²) in [6.07, 6.45) is 2.25. The summed E-state index contributed by atoms with van der Waals surface area (Å²) in [5.41, 5.74) is 0.482. The number of aliphatic hydroxyl groups excluding tert-OH is 1. The van der Waals surface area contributed by atoms with E-state index in [9.17, 15) is 9.90 Å². The molecule has 1 aliphatic carbocycles. The van der Waals surface area contributed by atoms with Crippen LogP contribution in [-0.4, -0.2) is 10.9 Å². The van der Waals surface area contributed by atoms with Crippen molar-refractivity contribution in [3.8, 4) is 0 Å². The second-order valence-electron chi connectivity index (χ2n) is 4.40. The van der Waals surface area contributed by atoms with Gasteiger partial charge >= 0.3 is 0 Å². The smallest absolute Gasteiger partial charge is 0.138 e. The predicted octanol–water partition coefficient (Wildman–Crippen LogP) is 3.79. The molecule has 17 heavy (non-hydrogen) atoms. The highest BCUT2D eigenvalue weighted by Crippen LogP contribution is 2.38. The minimum atomic E-state index is -0.885. The van der Waals surface area contributed by atoms with Gasteiger partial charge in [-0.25, -0.2) is 0 Å². The number of Topliss-reactive ketones (excluding diaryl/α,β-unsaturated/α-hetero) is 1. The van der Waals surface area contributed by atoms with Crippen LogP contribution < -0.4 is 0 Å². The second kappa shape index (κ2) is 5.38. The van der Waals surface area contributed by atoms with Gasteiger partial charge in [0.25, 0.3) is 0 Å². The van der Waals surface area contributed by atoms with Crippen molar-refractivity contribution < 1.29 is 9.90 Å². The standard InChI is InChI=1S/C13H14Cl2O2/c14-9-5-3-6-10(15)12(9)13(17)8-4-1-2-7-11(8)16/h3,5-6,8,13,17H,1-2,4,7H2/t8-,13-/m0/s1. The van der Waals surface area contributed by atoms with Crippen molar-refractivity contribution in [3.05, 3.63) is 33.8 Å². The quantitative estimate of drug-likeness (QED) is 0.890. The lowest BCUT2D eigenvalue weighted by Gasteiger charge is -2.26. The highest BCUT2D eigenvalue weighted by Gasteiger charge is 2.32. The van der Waals surface area contributed by atoms with Gasteiger partial charge in [-0.05, 0) is 25.0 Å². The third-order valence-electron chi connectivity index (χ3n) is 3.28. The fraction of sp³-hybridized carbons (Fsp3) is 0.462. The third-order valence-corrected chi connectivity index (χ3v) is 3.94. The summed E-state index contributed by atoms with van der Waals surface area (Å²) in [6, 6.07) is 5.09. The Morgan fingerprint density at radius 2 is 1.88 bits per heavy atom. The molecule has 0 saturated heterocycles. The first-order valence-corrected chi connectivity index (χ1v) is 6.51. The van der Waals surface area contributed by atoms with Crippen LogP contribution in [0.4, 0.5) is 0 Å². The maximum Gasteiger partial charge on any atom is 0.138 e. The zero-order valence-electron chi connectivity index (χ0n) is 9.33. The molecule has 0 amide bonds. The Kier molecular flexibility index (Phi) is 4.08. The molecule has 4 heteroatoms. The topological polar surface area (TPSA) is 37.3 Å². The number of benzene rings is 1. The molecule has 0 radical (unpaired) electrons. The Morgan fingerprint density at radius 3 is 2.47 bits per heavy atom. The number of rotatable bonds is 2. The van der Waals surface area contributed by atoms with Crippen LogP contribution in [0.2, 0.25) is 10.0 Å². The summed E-state index contributed by atoms with van der Waals surface area (Å²) in [6.45, 7) is 0. The summed E-state index contributed by atoms with van der Waals surface area (Å²) < 4.78 is 0. The van der Waals surface area contributed by atoms with Crippen molar-refractivity contribution in [1.29, 1.82) is 0 Å². The second-order valence-corrected chi connectivity index (χ2v) is 5.21. The first-order chi connectivity index (χ1) is 8.11. The van der Waals surface area contributed by atoms with Crippen LogP contribution in [0.1, 0.15) is 37.4 Å². The largest absolute Gasteiger partial charge is 0.388 e. The number of carbonyl (C=O) groups is 1. The molecule has 2 atom stereocenters. The number of carbonyl (C=O) groups excluding carboxylic acids is 1. The Hall–Kier alpha value is -0.570. The van der Waals surface area contributed by atoms with Gasteiger partial charge in [-0.15, -0.1) is 0 Å². The molecule has 1 fully saturated rings. The van der Waals surface area contributed by atoms with Crippen molar-refractivity contribution >= 4 is 29.0 Å². The number of ketones is 1. The Morgan fingerprint density at radius 1 is 1.24 bits per heavy atom. The summed E-state index contributed by atoms with van der Waals surface area (Å²) in [5, 5.41) is 11.1. The van der Waals surface area contributed by atoms with Gasteiger partial charge in [-0.3, -0.25) is 4.79 Å². The lowest BCUT2D eigenvalue weighted by molar-refractivity contribution is -0.128. The number of aliphatic hydroxyl groups is 1. The fourth-order valence-corrected chi connectivity index (χ4v) is 2.96. The lowest BCUT2D eigenvalue weighted by Crippen LogP contribution is -2.25. The van der Waals surface area contributed by atoms with Crippen LogP contribution in [0.3, 0.4) is 0 Å². The lowest BCUT2D eigenvalue weighted by atomic mass is 9.81. The van der Waals surface area contributed by atoms with Gasteiger partial charge < -0.3 is 5.11 Å². The first-order valence-electron chi connectivity index (χ1n) is 5.76. The molecule has 0 heterocycles. The molecule has 1 aliphatic rings. The van der Waals surface area contributed by atoms with E-state index in [2.05, 4.69) is 0 Å². The van der Waals surface area contributed by atoms with Crippen LogP contribution in [0.25, 0.3) is 0 Å². The van der Waals surface area contributed by atoms with E-state index in [-0.39, 0.29) is 11.7 Å². The molecular weight excluding hydrogens is 259 g/mol. The van der Waals surface area contributed by atoms with E-state index in [1.54, 1.807) is 18.2 Å². The van der Waals surface area contributed by atoms with Gasteiger partial charge in [0, 0.05) is 27.9 Å². The average Bonchev–Trinajstić information content (AvgIpc) is 2.29. The molecule has 0 unspecified atom stereocenters. The van der Waals surface area contributed by atoms with E-state index < -0.39 is 6.10 Å². The highest BCUT2D eigenvalue weighted by molar-refractivity contribution is 6.36. The zero-order valence-corrected chi connectivity index (χ0v) is 10.8. The predicted molar refractivity (Wildman–Crippen MR) is 68.4 cm³/mol. The minimum absolute atomic E-state index is 0.111. The van der Waals surface area contributed by atoms with Crippen molar-refractivity contribution in [1.82, 2.24) is 0 Å². The van der Waals surface area contributed by atoms with Gasteiger partial charge in [-0.1, -0.05) is 35.7 Å². The monoisotopic (exact) mass is 272 g/mol. The Balaban J connectivity index is 2.29. The molecule has 1 saturated carbocycles. The van der Waals surface area contributed by atoms with Crippen LogP contribution in [-0.2, 0) is 4.79 Å². The molecule has 2 rings (SSSR count). The van der Waals surface area contributed by atoms with Crippen LogP contribution >= 0.6 is 23.2 Å². The molecule has 2 nitrogen and oxygen atoms in total. The van der Waals surface area contributed by atoms with Gasteiger partial charge in [-0.2, -0.15) is 0 Å². The zero-order chi connectivity index (χ0) is 12.4. The normalized spacial score (nSPS) is 22.5. The Bertz CT molecular complexity index is 411. The summed E-state index contributed by atoms with van der Waals surface area (Å²) in [7, 11) is 0. The maximum absolute atomic E-state index is 11.8. The third kappa shape index (κ3) is 2.65. The molecule has 92 valence electrons. The molecule has 1 N–H and O–H groups in total. The summed E-state index contributed by atoms with van der Waals surface area (Å²) >= 11 is 12.1. The molecule has 0 aromatic heterocycles. The highest BCUT2D eigenvalue weighted by atomic mass is 35.5. The Labute approximate surface area is 111 Å². The van der Waals surface area contributed by atoms with E-state index in [1.807, 2.05) is 0 Å². The molecule has 1 aromatic carbocycles. The molecular formula is C13H14Cl2O2. The maximum atomic E-state index is 11.8. The van der Waals surface area contributed by atoms with Crippen molar-refractivity contribution in [3.63, 3.8) is 0 Å². The van der Waals surface area contributed by atoms with Gasteiger partial charge in [0.2, 0.25) is 0 Å². The minimum Gasteiger partial charge on any atom is -0.388 e. The van der Waals surface area contributed by atoms with Crippen molar-refractivity contribution in [2.45, 2.75) is 31.8 Å². The van der Waals surface area contributed by atoms with Gasteiger partial charge in [0.15, 0.2) is 0 Å².